The molecule has 0 saturated heterocycles. The van der Waals surface area contributed by atoms with Gasteiger partial charge in [-0.3, -0.25) is 0 Å². The molecule has 2 N–H and O–H groups in total. The first-order valence-corrected chi connectivity index (χ1v) is 5.32. The number of esters is 2. The predicted octanol–water partition coefficient (Wildman–Crippen LogP) is 0.762. The van der Waals surface area contributed by atoms with Crippen LogP contribution in [0.25, 0.3) is 0 Å². The van der Waals surface area contributed by atoms with Gasteiger partial charge in [0, 0.05) is 18.6 Å². The summed E-state index contributed by atoms with van der Waals surface area (Å²) in [7, 11) is 0. The van der Waals surface area contributed by atoms with E-state index in [1.54, 1.807) is 0 Å². The van der Waals surface area contributed by atoms with Crippen molar-refractivity contribution in [3.8, 4) is 0 Å². The summed E-state index contributed by atoms with van der Waals surface area (Å²) in [5.74, 6) is -1.75. The molecule has 0 aromatic rings. The second kappa shape index (κ2) is 7.32. The van der Waals surface area contributed by atoms with Crippen molar-refractivity contribution >= 4 is 17.7 Å². The maximum Gasteiger partial charge on any atom is 0.333 e. The number of rotatable bonds is 7. The molecule has 0 aliphatic carbocycles. The van der Waals surface area contributed by atoms with Gasteiger partial charge < -0.3 is 19.8 Å². The topological polar surface area (TPSA) is 105 Å². The van der Waals surface area contributed by atoms with Gasteiger partial charge in [0.25, 0.3) is 6.29 Å². The van der Waals surface area contributed by atoms with Gasteiger partial charge in [-0.15, -0.1) is 0 Å². The van der Waals surface area contributed by atoms with Gasteiger partial charge in [-0.2, -0.15) is 0 Å². The number of hydrogen-bond donors (Lipinski definition) is 2. The zero-order valence-electron chi connectivity index (χ0n) is 10.8. The molecule has 0 spiro atoms. The van der Waals surface area contributed by atoms with E-state index in [4.69, 9.17) is 14.7 Å². The zero-order valence-corrected chi connectivity index (χ0v) is 10.8. The summed E-state index contributed by atoms with van der Waals surface area (Å²) < 4.78 is 9.44. The molecule has 0 aliphatic heterocycles. The van der Waals surface area contributed by atoms with Gasteiger partial charge in [-0.25, -0.2) is 9.59 Å². The molecule has 0 saturated carbocycles. The smallest absolute Gasteiger partial charge is 0.333 e. The Hall–Kier alpha value is -2.15. The Balaban J connectivity index is 5.07. The number of hydrogen-bond acceptors (Lipinski definition) is 7. The number of nitrogens with zero attached hydrogens (tertiary/aromatic N) is 1. The molecule has 0 bridgehead atoms. The molecule has 0 atom stereocenters. The first-order valence-electron chi connectivity index (χ1n) is 5.32. The van der Waals surface area contributed by atoms with Crippen LogP contribution in [0.3, 0.4) is 0 Å². The Morgan fingerprint density at radius 1 is 1.26 bits per heavy atom. The highest BCUT2D eigenvalue weighted by Crippen LogP contribution is 2.14. The van der Waals surface area contributed by atoms with Crippen molar-refractivity contribution in [3.05, 3.63) is 25.3 Å². The summed E-state index contributed by atoms with van der Waals surface area (Å²) in [6.45, 7) is 9.26. The number of aliphatic hydroxyl groups is 1. The molecule has 0 aromatic heterocycles. The standard InChI is InChI=1S/C12H17NO6/c1-5-9(14)18-11(19-10(15)6-2)8(13-17)7-12(3,4)16/h5-6,11,16-17H,1-2,7H2,3-4H3/b13-8-. The monoisotopic (exact) mass is 271 g/mol. The van der Waals surface area contributed by atoms with Crippen molar-refractivity contribution in [1.29, 1.82) is 0 Å². The summed E-state index contributed by atoms with van der Waals surface area (Å²) in [6.07, 6.45) is -0.0302. The highest BCUT2D eigenvalue weighted by molar-refractivity contribution is 5.93. The second-order valence-electron chi connectivity index (χ2n) is 4.19. The van der Waals surface area contributed by atoms with E-state index in [0.717, 1.165) is 12.2 Å². The lowest BCUT2D eigenvalue weighted by Gasteiger charge is -2.22. The van der Waals surface area contributed by atoms with Crippen LogP contribution in [-0.4, -0.2) is 39.9 Å². The van der Waals surface area contributed by atoms with Crippen molar-refractivity contribution in [3.63, 3.8) is 0 Å². The van der Waals surface area contributed by atoms with Crippen LogP contribution in [0.15, 0.2) is 30.5 Å². The number of oxime groups is 1. The lowest BCUT2D eigenvalue weighted by atomic mass is 10.0. The molecule has 0 radical (unpaired) electrons. The first kappa shape index (κ1) is 16.9. The van der Waals surface area contributed by atoms with E-state index in [1.807, 2.05) is 0 Å². The summed E-state index contributed by atoms with van der Waals surface area (Å²) >= 11 is 0. The fourth-order valence-corrected chi connectivity index (χ4v) is 1.08. The summed E-state index contributed by atoms with van der Waals surface area (Å²) in [6, 6.07) is 0. The van der Waals surface area contributed by atoms with Crippen LogP contribution in [0.2, 0.25) is 0 Å². The van der Waals surface area contributed by atoms with E-state index in [-0.39, 0.29) is 12.1 Å². The SMILES string of the molecule is C=CC(=O)OC(OC(=O)C=C)/C(CC(C)(C)O)=N\O. The molecule has 0 aromatic carbocycles. The van der Waals surface area contributed by atoms with Gasteiger partial charge >= 0.3 is 11.9 Å². The van der Waals surface area contributed by atoms with E-state index in [9.17, 15) is 14.7 Å². The fourth-order valence-electron chi connectivity index (χ4n) is 1.08. The summed E-state index contributed by atoms with van der Waals surface area (Å²) in [5.41, 5.74) is -1.47. The maximum atomic E-state index is 11.1. The molecule has 0 heterocycles. The summed E-state index contributed by atoms with van der Waals surface area (Å²) in [4.78, 5) is 22.2. The third-order valence-electron chi connectivity index (χ3n) is 1.79. The Bertz CT molecular complexity index is 372. The third-order valence-corrected chi connectivity index (χ3v) is 1.79. The van der Waals surface area contributed by atoms with Gasteiger partial charge in [-0.05, 0) is 13.8 Å². The van der Waals surface area contributed by atoms with E-state index in [0.29, 0.717) is 0 Å². The van der Waals surface area contributed by atoms with Gasteiger partial charge in [0.15, 0.2) is 0 Å². The van der Waals surface area contributed by atoms with Crippen LogP contribution in [0.5, 0.6) is 0 Å². The molecule has 0 rings (SSSR count). The Morgan fingerprint density at radius 3 is 1.95 bits per heavy atom. The first-order chi connectivity index (χ1) is 8.73. The third kappa shape index (κ3) is 6.99. The van der Waals surface area contributed by atoms with Gasteiger partial charge in [-0.1, -0.05) is 18.3 Å². The molecule has 0 aliphatic rings. The minimum atomic E-state index is -1.56. The minimum Gasteiger partial charge on any atom is -0.416 e. The van der Waals surface area contributed by atoms with Crippen LogP contribution in [0.4, 0.5) is 0 Å². The van der Waals surface area contributed by atoms with Crippen molar-refractivity contribution in [1.82, 2.24) is 0 Å². The molecular formula is C12H17NO6. The highest BCUT2D eigenvalue weighted by Gasteiger charge is 2.29. The van der Waals surface area contributed by atoms with Crippen molar-refractivity contribution in [2.45, 2.75) is 32.2 Å². The Labute approximate surface area is 110 Å². The molecular weight excluding hydrogens is 254 g/mol. The lowest BCUT2D eigenvalue weighted by molar-refractivity contribution is -0.169. The molecule has 0 amide bonds. The fraction of sp³-hybridized carbons (Fsp3) is 0.417. The summed E-state index contributed by atoms with van der Waals surface area (Å²) in [5, 5.41) is 21.4. The van der Waals surface area contributed by atoms with E-state index < -0.39 is 23.8 Å². The largest absolute Gasteiger partial charge is 0.416 e. The molecule has 0 fully saturated rings. The van der Waals surface area contributed by atoms with Crippen LogP contribution in [-0.2, 0) is 19.1 Å². The number of ether oxygens (including phenoxy) is 2. The van der Waals surface area contributed by atoms with E-state index in [2.05, 4.69) is 18.3 Å². The minimum absolute atomic E-state index is 0.178. The highest BCUT2D eigenvalue weighted by atomic mass is 16.7. The van der Waals surface area contributed by atoms with Gasteiger partial charge in [0.2, 0.25) is 0 Å². The molecule has 19 heavy (non-hydrogen) atoms. The molecule has 7 nitrogen and oxygen atoms in total. The normalized spacial score (nSPS) is 11.9. The van der Waals surface area contributed by atoms with Crippen molar-refractivity contribution in [2.24, 2.45) is 5.16 Å². The van der Waals surface area contributed by atoms with Gasteiger partial charge in [0.05, 0.1) is 5.60 Å². The quantitative estimate of drug-likeness (QED) is 0.177. The number of carbonyl (C=O) groups excluding carboxylic acids is 2. The van der Waals surface area contributed by atoms with Crippen molar-refractivity contribution < 1.29 is 29.4 Å². The average molecular weight is 271 g/mol. The van der Waals surface area contributed by atoms with Crippen molar-refractivity contribution in [2.75, 3.05) is 0 Å². The van der Waals surface area contributed by atoms with E-state index >= 15 is 0 Å². The Morgan fingerprint density at radius 2 is 1.68 bits per heavy atom. The predicted molar refractivity (Wildman–Crippen MR) is 66.5 cm³/mol. The van der Waals surface area contributed by atoms with Crippen LogP contribution >= 0.6 is 0 Å². The van der Waals surface area contributed by atoms with E-state index in [1.165, 1.54) is 13.8 Å². The second-order valence-corrected chi connectivity index (χ2v) is 4.19. The Kier molecular flexibility index (Phi) is 6.49. The van der Waals surface area contributed by atoms with Crippen LogP contribution in [0.1, 0.15) is 20.3 Å². The van der Waals surface area contributed by atoms with Gasteiger partial charge in [0.1, 0.15) is 5.71 Å². The maximum absolute atomic E-state index is 11.1. The lowest BCUT2D eigenvalue weighted by Crippen LogP contribution is -2.36. The molecule has 0 unspecified atom stereocenters. The molecule has 7 heteroatoms. The molecule has 106 valence electrons. The number of carbonyl (C=O) groups is 2. The average Bonchev–Trinajstić information content (AvgIpc) is 2.33. The zero-order chi connectivity index (χ0) is 15.1. The van der Waals surface area contributed by atoms with Crippen LogP contribution in [0, 0.1) is 0 Å². The van der Waals surface area contributed by atoms with Crippen LogP contribution < -0.4 is 0 Å².